The minimum absolute atomic E-state index is 0.334. The Bertz CT molecular complexity index is 508. The van der Waals surface area contributed by atoms with Gasteiger partial charge in [-0.25, -0.2) is 4.39 Å². The number of nitrogens with zero attached hydrogens (tertiary/aromatic N) is 1. The maximum absolute atomic E-state index is 13.2. The summed E-state index contributed by atoms with van der Waals surface area (Å²) in [6, 6.07) is 6.08. The number of carbonyl (C=O) groups is 1. The quantitative estimate of drug-likeness (QED) is 0.812. The van der Waals surface area contributed by atoms with Crippen LogP contribution < -0.4 is 5.32 Å². The lowest BCUT2D eigenvalue weighted by atomic mass is 10.2. The first kappa shape index (κ1) is 10.4. The molecule has 0 unspecified atom stereocenters. The molecule has 0 saturated heterocycles. The third-order valence-corrected chi connectivity index (χ3v) is 2.18. The molecular weight excluding hydrogens is 209 g/mol. The van der Waals surface area contributed by atoms with Crippen LogP contribution in [0.15, 0.2) is 30.5 Å². The van der Waals surface area contributed by atoms with Crippen molar-refractivity contribution in [2.75, 3.05) is 5.32 Å². The molecule has 2 N–H and O–H groups in total. The minimum atomic E-state index is -0.347. The van der Waals surface area contributed by atoms with Crippen molar-refractivity contribution in [2.24, 2.45) is 0 Å². The van der Waals surface area contributed by atoms with Gasteiger partial charge >= 0.3 is 0 Å². The Labute approximate surface area is 91.5 Å². The zero-order chi connectivity index (χ0) is 11.5. The summed E-state index contributed by atoms with van der Waals surface area (Å²) in [7, 11) is 0. The molecule has 1 heterocycles. The molecule has 0 aliphatic heterocycles. The van der Waals surface area contributed by atoms with Gasteiger partial charge in [-0.05, 0) is 30.7 Å². The predicted octanol–water partition coefficient (Wildman–Crippen LogP) is 2.11. The largest absolute Gasteiger partial charge is 0.321 e. The van der Waals surface area contributed by atoms with E-state index in [9.17, 15) is 9.18 Å². The zero-order valence-electron chi connectivity index (χ0n) is 8.62. The smallest absolute Gasteiger partial charge is 0.273 e. The summed E-state index contributed by atoms with van der Waals surface area (Å²) in [6.07, 6.45) is 1.48. The number of benzene rings is 1. The highest BCUT2D eigenvalue weighted by Gasteiger charge is 2.07. The molecule has 0 saturated carbocycles. The summed E-state index contributed by atoms with van der Waals surface area (Å²) < 4.78 is 13.2. The summed E-state index contributed by atoms with van der Waals surface area (Å²) in [5.74, 6) is -0.692. The van der Waals surface area contributed by atoms with Crippen molar-refractivity contribution >= 4 is 11.6 Å². The average molecular weight is 219 g/mol. The second kappa shape index (κ2) is 4.14. The number of rotatable bonds is 2. The van der Waals surface area contributed by atoms with E-state index in [0.29, 0.717) is 16.9 Å². The number of aromatic nitrogens is 2. The van der Waals surface area contributed by atoms with E-state index in [-0.39, 0.29) is 11.7 Å². The lowest BCUT2D eigenvalue weighted by Gasteiger charge is -2.04. The highest BCUT2D eigenvalue weighted by molar-refractivity contribution is 6.02. The van der Waals surface area contributed by atoms with Gasteiger partial charge < -0.3 is 5.32 Å². The molecule has 0 bridgehead atoms. The highest BCUT2D eigenvalue weighted by Crippen LogP contribution is 2.14. The molecule has 16 heavy (non-hydrogen) atoms. The van der Waals surface area contributed by atoms with Crippen LogP contribution >= 0.6 is 0 Å². The summed E-state index contributed by atoms with van der Waals surface area (Å²) in [6.45, 7) is 1.66. The molecule has 0 aliphatic carbocycles. The van der Waals surface area contributed by atoms with Gasteiger partial charge in [0.1, 0.15) is 11.5 Å². The Morgan fingerprint density at radius 1 is 1.44 bits per heavy atom. The van der Waals surface area contributed by atoms with Gasteiger partial charge in [0.15, 0.2) is 0 Å². The number of aromatic amines is 1. The lowest BCUT2D eigenvalue weighted by molar-refractivity contribution is 0.102. The van der Waals surface area contributed by atoms with Gasteiger partial charge in [0.05, 0.1) is 0 Å². The van der Waals surface area contributed by atoms with Gasteiger partial charge in [0.25, 0.3) is 5.91 Å². The highest BCUT2D eigenvalue weighted by atomic mass is 19.1. The monoisotopic (exact) mass is 219 g/mol. The van der Waals surface area contributed by atoms with E-state index in [1.54, 1.807) is 25.1 Å². The first-order valence-electron chi connectivity index (χ1n) is 4.73. The standard InChI is InChI=1S/C11H10FN3O/c1-7-2-3-8(6-9(7)12)14-11(16)10-4-5-13-15-10/h2-6H,1H3,(H,13,15)(H,14,16). The number of anilines is 1. The molecule has 1 aromatic heterocycles. The van der Waals surface area contributed by atoms with Crippen molar-refractivity contribution in [3.63, 3.8) is 0 Å². The van der Waals surface area contributed by atoms with Crippen molar-refractivity contribution < 1.29 is 9.18 Å². The van der Waals surface area contributed by atoms with Crippen molar-refractivity contribution in [2.45, 2.75) is 6.92 Å². The van der Waals surface area contributed by atoms with Gasteiger partial charge in [0.2, 0.25) is 0 Å². The normalized spacial score (nSPS) is 10.1. The van der Waals surface area contributed by atoms with Crippen molar-refractivity contribution in [3.05, 3.63) is 47.5 Å². The Morgan fingerprint density at radius 3 is 2.88 bits per heavy atom. The van der Waals surface area contributed by atoms with Crippen LogP contribution in [-0.4, -0.2) is 16.1 Å². The molecule has 2 rings (SSSR count). The maximum atomic E-state index is 13.2. The molecule has 0 fully saturated rings. The van der Waals surface area contributed by atoms with E-state index < -0.39 is 0 Å². The molecule has 4 nitrogen and oxygen atoms in total. The van der Waals surface area contributed by atoms with E-state index in [0.717, 1.165) is 0 Å². The van der Waals surface area contributed by atoms with Crippen LogP contribution in [0, 0.1) is 12.7 Å². The van der Waals surface area contributed by atoms with Gasteiger partial charge in [-0.15, -0.1) is 0 Å². The van der Waals surface area contributed by atoms with E-state index in [1.165, 1.54) is 12.3 Å². The van der Waals surface area contributed by atoms with Crippen LogP contribution in [-0.2, 0) is 0 Å². The summed E-state index contributed by atoms with van der Waals surface area (Å²) in [4.78, 5) is 11.6. The van der Waals surface area contributed by atoms with Crippen LogP contribution in [0.2, 0.25) is 0 Å². The van der Waals surface area contributed by atoms with Crippen LogP contribution in [0.3, 0.4) is 0 Å². The SMILES string of the molecule is Cc1ccc(NC(=O)c2ccn[nH]2)cc1F. The number of amides is 1. The zero-order valence-corrected chi connectivity index (χ0v) is 8.62. The van der Waals surface area contributed by atoms with Gasteiger partial charge in [-0.1, -0.05) is 6.07 Å². The molecular formula is C11H10FN3O. The summed E-state index contributed by atoms with van der Waals surface area (Å²) in [5, 5.41) is 8.75. The average Bonchev–Trinajstić information content (AvgIpc) is 2.77. The number of nitrogens with one attached hydrogen (secondary N) is 2. The summed E-state index contributed by atoms with van der Waals surface area (Å²) >= 11 is 0. The molecule has 0 radical (unpaired) electrons. The van der Waals surface area contributed by atoms with Crippen LogP contribution in [0.5, 0.6) is 0 Å². The van der Waals surface area contributed by atoms with Gasteiger partial charge in [-0.2, -0.15) is 5.10 Å². The van der Waals surface area contributed by atoms with Gasteiger partial charge in [0, 0.05) is 11.9 Å². The Hall–Kier alpha value is -2.17. The Morgan fingerprint density at radius 2 is 2.25 bits per heavy atom. The molecule has 2 aromatic rings. The first-order valence-corrected chi connectivity index (χ1v) is 4.73. The van der Waals surface area contributed by atoms with E-state index in [1.807, 2.05) is 0 Å². The van der Waals surface area contributed by atoms with E-state index in [2.05, 4.69) is 15.5 Å². The topological polar surface area (TPSA) is 57.8 Å². The van der Waals surface area contributed by atoms with Crippen LogP contribution in [0.4, 0.5) is 10.1 Å². The number of carbonyl (C=O) groups excluding carboxylic acids is 1. The third-order valence-electron chi connectivity index (χ3n) is 2.18. The number of H-pyrrole nitrogens is 1. The molecule has 5 heteroatoms. The predicted molar refractivity (Wildman–Crippen MR) is 57.7 cm³/mol. The fraction of sp³-hybridized carbons (Fsp3) is 0.0909. The Balaban J connectivity index is 2.15. The maximum Gasteiger partial charge on any atom is 0.273 e. The fourth-order valence-corrected chi connectivity index (χ4v) is 1.25. The first-order chi connectivity index (χ1) is 7.66. The molecule has 0 aliphatic rings. The molecule has 0 spiro atoms. The molecule has 1 aromatic carbocycles. The van der Waals surface area contributed by atoms with Crippen LogP contribution in [0.25, 0.3) is 0 Å². The number of hydrogen-bond acceptors (Lipinski definition) is 2. The third kappa shape index (κ3) is 2.08. The molecule has 82 valence electrons. The van der Waals surface area contributed by atoms with Crippen molar-refractivity contribution in [1.82, 2.24) is 10.2 Å². The second-order valence-electron chi connectivity index (χ2n) is 3.39. The number of halogens is 1. The van der Waals surface area contributed by atoms with Crippen molar-refractivity contribution in [3.8, 4) is 0 Å². The van der Waals surface area contributed by atoms with Crippen LogP contribution in [0.1, 0.15) is 16.1 Å². The van der Waals surface area contributed by atoms with Gasteiger partial charge in [-0.3, -0.25) is 9.89 Å². The number of hydrogen-bond donors (Lipinski definition) is 2. The fourth-order valence-electron chi connectivity index (χ4n) is 1.25. The minimum Gasteiger partial charge on any atom is -0.321 e. The summed E-state index contributed by atoms with van der Waals surface area (Å²) in [5.41, 5.74) is 1.29. The lowest BCUT2D eigenvalue weighted by Crippen LogP contribution is -2.12. The van der Waals surface area contributed by atoms with E-state index >= 15 is 0 Å². The number of aryl methyl sites for hydroxylation is 1. The van der Waals surface area contributed by atoms with Crippen molar-refractivity contribution in [1.29, 1.82) is 0 Å². The Kier molecular flexibility index (Phi) is 2.68. The van der Waals surface area contributed by atoms with E-state index in [4.69, 9.17) is 0 Å². The molecule has 0 atom stereocenters. The molecule has 1 amide bonds. The second-order valence-corrected chi connectivity index (χ2v) is 3.39.